The Labute approximate surface area is 223 Å². The highest BCUT2D eigenvalue weighted by Gasteiger charge is 2.10. The Balaban J connectivity index is 0.000000582. The highest BCUT2D eigenvalue weighted by molar-refractivity contribution is 9.10. The van der Waals surface area contributed by atoms with Gasteiger partial charge in [0.1, 0.15) is 5.82 Å². The Hall–Kier alpha value is -2.29. The average molecular weight is 613 g/mol. The molecule has 0 saturated heterocycles. The molecule has 0 bridgehead atoms. The molecule has 202 valence electrons. The lowest BCUT2D eigenvalue weighted by Gasteiger charge is -2.02. The molecule has 0 fully saturated rings. The lowest BCUT2D eigenvalue weighted by atomic mass is 10.3. The van der Waals surface area contributed by atoms with E-state index in [9.17, 15) is 14.0 Å². The molecule has 0 amide bonds. The molecule has 0 aliphatic heterocycles. The van der Waals surface area contributed by atoms with Crippen LogP contribution < -0.4 is 16.3 Å². The van der Waals surface area contributed by atoms with Crippen LogP contribution in [0, 0.1) is 10.5 Å². The second-order valence-corrected chi connectivity index (χ2v) is 8.70. The van der Waals surface area contributed by atoms with Gasteiger partial charge in [-0.05, 0) is 59.3 Å². The molecule has 36 heavy (non-hydrogen) atoms. The first kappa shape index (κ1) is 33.7. The smallest absolute Gasteiger partial charge is 0.320 e. The Morgan fingerprint density at radius 1 is 1.31 bits per heavy atom. The number of ether oxygens (including phenoxy) is 2. The number of amidine groups is 1. The summed E-state index contributed by atoms with van der Waals surface area (Å²) in [6.45, 7) is 6.90. The number of hydrogen-bond acceptors (Lipinski definition) is 11. The number of hydroxylamine groups is 1. The first-order chi connectivity index (χ1) is 17.2. The highest BCUT2D eigenvalue weighted by atomic mass is 79.9. The van der Waals surface area contributed by atoms with Crippen molar-refractivity contribution in [1.29, 1.82) is 0 Å². The van der Waals surface area contributed by atoms with E-state index < -0.39 is 5.82 Å². The van der Waals surface area contributed by atoms with Crippen molar-refractivity contribution in [3.63, 3.8) is 0 Å². The summed E-state index contributed by atoms with van der Waals surface area (Å²) in [6, 6.07) is 4.12. The van der Waals surface area contributed by atoms with Crippen LogP contribution >= 0.6 is 36.9 Å². The average Bonchev–Trinajstić information content (AvgIpc) is 3.29. The zero-order valence-corrected chi connectivity index (χ0v) is 23.5. The van der Waals surface area contributed by atoms with Gasteiger partial charge in [0.25, 0.3) is 0 Å². The summed E-state index contributed by atoms with van der Waals surface area (Å²) in [7, 11) is 0.679. The summed E-state index contributed by atoms with van der Waals surface area (Å²) in [5.74, 6) is -0.923. The third-order valence-corrected chi connectivity index (χ3v) is 5.54. The number of nitrogens with two attached hydrogens (primary N) is 1. The maximum absolute atomic E-state index is 13.0. The van der Waals surface area contributed by atoms with E-state index in [2.05, 4.69) is 52.6 Å². The minimum absolute atomic E-state index is 0.0106. The van der Waals surface area contributed by atoms with Crippen molar-refractivity contribution in [3.8, 4) is 0 Å². The molecule has 16 heteroatoms. The predicted molar refractivity (Wildman–Crippen MR) is 141 cm³/mol. The van der Waals surface area contributed by atoms with Crippen molar-refractivity contribution in [2.24, 2.45) is 10.7 Å². The molecule has 1 aromatic heterocycles. The molecule has 1 atom stereocenters. The van der Waals surface area contributed by atoms with Crippen molar-refractivity contribution >= 4 is 60.3 Å². The van der Waals surface area contributed by atoms with Crippen LogP contribution in [-0.4, -0.2) is 65.8 Å². The van der Waals surface area contributed by atoms with Gasteiger partial charge in [-0.1, -0.05) is 34.3 Å². The van der Waals surface area contributed by atoms with E-state index in [4.69, 9.17) is 27.9 Å². The molecule has 6 N–H and O–H groups in total. The van der Waals surface area contributed by atoms with E-state index in [1.807, 2.05) is 12.4 Å². The summed E-state index contributed by atoms with van der Waals surface area (Å²) >= 11 is 7.91. The third kappa shape index (κ3) is 15.0. The van der Waals surface area contributed by atoms with Gasteiger partial charge >= 0.3 is 11.9 Å². The fourth-order valence-corrected chi connectivity index (χ4v) is 3.18. The zero-order valence-electron chi connectivity index (χ0n) is 20.1. The molecule has 2 aromatic rings. The third-order valence-electron chi connectivity index (χ3n) is 3.47. The number of carbonyl (C=O) groups is 2. The van der Waals surface area contributed by atoms with Crippen molar-refractivity contribution in [1.82, 2.24) is 20.9 Å². The molecule has 1 unspecified atom stereocenters. The monoisotopic (exact) mass is 612 g/mol. The van der Waals surface area contributed by atoms with Crippen LogP contribution in [0.5, 0.6) is 0 Å². The van der Waals surface area contributed by atoms with Gasteiger partial charge in [0.15, 0.2) is 16.2 Å². The number of carbonyl (C=O) groups excluding carboxylic acids is 2. The van der Waals surface area contributed by atoms with Crippen molar-refractivity contribution < 1.29 is 33.3 Å². The summed E-state index contributed by atoms with van der Waals surface area (Å²) in [5.41, 5.74) is 7.29. The first-order valence-corrected chi connectivity index (χ1v) is 13.1. The molecule has 0 aliphatic rings. The lowest BCUT2D eigenvalue weighted by Crippen LogP contribution is -2.20. The zero-order chi connectivity index (χ0) is 27.3. The van der Waals surface area contributed by atoms with Crippen LogP contribution in [0.4, 0.5) is 10.1 Å². The molecule has 2 rings (SSSR count). The van der Waals surface area contributed by atoms with Crippen molar-refractivity contribution in [2.45, 2.75) is 27.2 Å². The SMILES string of the molecule is CCCPNCC(=O)OCC.CCOC(=O)CN.ONC(=Nc1ccc(F)c(Br)c1)c1no[nH]c1=S. The number of aromatic amines is 1. The lowest BCUT2D eigenvalue weighted by molar-refractivity contribution is -0.142. The Morgan fingerprint density at radius 2 is 1.97 bits per heavy atom. The van der Waals surface area contributed by atoms with Gasteiger partial charge in [0, 0.05) is 0 Å². The Kier molecular flexibility index (Phi) is 19.5. The van der Waals surface area contributed by atoms with Crippen LogP contribution in [0.1, 0.15) is 32.9 Å². The largest absolute Gasteiger partial charge is 0.465 e. The normalized spacial score (nSPS) is 10.7. The number of halogens is 2. The van der Waals surface area contributed by atoms with E-state index in [1.54, 1.807) is 6.92 Å². The van der Waals surface area contributed by atoms with Crippen LogP contribution in [0.3, 0.4) is 0 Å². The van der Waals surface area contributed by atoms with E-state index in [1.165, 1.54) is 18.2 Å². The number of aliphatic imine (C=N–C) groups is 1. The molecule has 0 spiro atoms. The van der Waals surface area contributed by atoms with Gasteiger partial charge in [0.05, 0.1) is 36.5 Å². The minimum Gasteiger partial charge on any atom is -0.465 e. The molecular formula is C20H31BrFN6O6PS. The van der Waals surface area contributed by atoms with Crippen LogP contribution in [0.15, 0.2) is 32.3 Å². The van der Waals surface area contributed by atoms with E-state index in [0.717, 1.165) is 12.6 Å². The predicted octanol–water partition coefficient (Wildman–Crippen LogP) is 3.34. The molecule has 1 heterocycles. The van der Waals surface area contributed by atoms with Gasteiger partial charge in [-0.15, -0.1) is 0 Å². The summed E-state index contributed by atoms with van der Waals surface area (Å²) in [5, 5.41) is 17.9. The molecule has 12 nitrogen and oxygen atoms in total. The van der Waals surface area contributed by atoms with Gasteiger partial charge in [-0.2, -0.15) is 5.16 Å². The summed E-state index contributed by atoms with van der Waals surface area (Å²) in [6.07, 6.45) is 2.30. The highest BCUT2D eigenvalue weighted by Crippen LogP contribution is 2.22. The number of nitrogens with zero attached hydrogens (tertiary/aromatic N) is 2. The molecule has 0 aliphatic carbocycles. The van der Waals surface area contributed by atoms with Gasteiger partial charge in [-0.3, -0.25) is 30.0 Å². The molecular weight excluding hydrogens is 582 g/mol. The first-order valence-electron chi connectivity index (χ1n) is 10.7. The topological polar surface area (TPSA) is 177 Å². The number of rotatable bonds is 10. The maximum Gasteiger partial charge on any atom is 0.320 e. The number of benzene rings is 1. The maximum atomic E-state index is 13.0. The van der Waals surface area contributed by atoms with E-state index in [0.29, 0.717) is 34.2 Å². The number of nitrogens with one attached hydrogen (secondary N) is 3. The quantitative estimate of drug-likeness (QED) is 0.0505. The Morgan fingerprint density at radius 3 is 2.44 bits per heavy atom. The number of H-pyrrole nitrogens is 1. The van der Waals surface area contributed by atoms with Crippen LogP contribution in [0.25, 0.3) is 0 Å². The summed E-state index contributed by atoms with van der Waals surface area (Å²) in [4.78, 5) is 24.8. The van der Waals surface area contributed by atoms with Gasteiger partial charge in [0.2, 0.25) is 0 Å². The fraction of sp³-hybridized carbons (Fsp3) is 0.450. The molecule has 1 aromatic carbocycles. The Bertz CT molecular complexity index is 1010. The minimum atomic E-state index is -0.411. The van der Waals surface area contributed by atoms with E-state index >= 15 is 0 Å². The summed E-state index contributed by atoms with van der Waals surface area (Å²) < 4.78 is 27.2. The standard InChI is InChI=1S/C9H6BrFN4O2S.C7H16NO2P.C4H9NO2/c10-5-3-4(1-2-6(5)11)12-8(13-16)7-9(18)15-17-14-7;1-3-5-11-8-6-7(9)10-4-2;1-2-7-4(6)3-5/h1-3,16H,(H,12,13)(H,15,18);8,11H,3-6H2,1-2H3;2-3,5H2,1H3. The van der Waals surface area contributed by atoms with Crippen LogP contribution in [-0.2, 0) is 19.1 Å². The second-order valence-electron chi connectivity index (χ2n) is 6.23. The number of esters is 2. The fourth-order valence-electron chi connectivity index (χ4n) is 1.95. The van der Waals surface area contributed by atoms with E-state index in [-0.39, 0.29) is 39.1 Å². The number of aromatic nitrogens is 2. The number of hydrogen-bond donors (Lipinski definition) is 5. The molecule has 0 radical (unpaired) electrons. The van der Waals surface area contributed by atoms with Crippen molar-refractivity contribution in [3.05, 3.63) is 38.8 Å². The van der Waals surface area contributed by atoms with Crippen LogP contribution in [0.2, 0.25) is 0 Å². The van der Waals surface area contributed by atoms with Gasteiger partial charge in [-0.25, -0.2) is 9.38 Å². The van der Waals surface area contributed by atoms with Crippen molar-refractivity contribution in [2.75, 3.05) is 32.5 Å². The van der Waals surface area contributed by atoms with Gasteiger partial charge < -0.3 is 15.2 Å². The second kappa shape index (κ2) is 20.9. The molecule has 0 saturated carbocycles.